The van der Waals surface area contributed by atoms with Crippen LogP contribution in [0.15, 0.2) is 36.5 Å². The van der Waals surface area contributed by atoms with Crippen LogP contribution in [0.3, 0.4) is 0 Å². The fraction of sp³-hybridized carbons (Fsp3) is 0.200. The monoisotopic (exact) mass is 478 g/mol. The van der Waals surface area contributed by atoms with Crippen molar-refractivity contribution in [2.75, 3.05) is 7.11 Å². The second-order valence-electron chi connectivity index (χ2n) is 6.64. The van der Waals surface area contributed by atoms with Crippen molar-refractivity contribution >= 4 is 23.5 Å². The van der Waals surface area contributed by atoms with Crippen LogP contribution in [0.1, 0.15) is 50.9 Å². The van der Waals surface area contributed by atoms with Crippen molar-refractivity contribution in [3.05, 3.63) is 69.9 Å². The van der Waals surface area contributed by atoms with Gasteiger partial charge in [0.2, 0.25) is 0 Å². The number of esters is 1. The zero-order chi connectivity index (χ0) is 24.3. The molecule has 0 saturated carbocycles. The van der Waals surface area contributed by atoms with Crippen molar-refractivity contribution in [1.82, 2.24) is 25.1 Å². The lowest BCUT2D eigenvalue weighted by Gasteiger charge is -2.15. The lowest BCUT2D eigenvalue weighted by Crippen LogP contribution is -2.29. The van der Waals surface area contributed by atoms with E-state index in [0.29, 0.717) is 12.1 Å². The van der Waals surface area contributed by atoms with Crippen LogP contribution in [0.25, 0.3) is 5.82 Å². The van der Waals surface area contributed by atoms with E-state index in [2.05, 4.69) is 25.1 Å². The molecular formula is C20H14ClF3N6O3. The molecule has 33 heavy (non-hydrogen) atoms. The predicted octanol–water partition coefficient (Wildman–Crippen LogP) is 3.48. The first-order chi connectivity index (χ1) is 15.5. The Morgan fingerprint density at radius 2 is 2.00 bits per heavy atom. The number of amides is 1. The number of nitrogens with one attached hydrogen (secondary N) is 1. The minimum Gasteiger partial charge on any atom is -0.463 e. The minimum absolute atomic E-state index is 0.0408. The van der Waals surface area contributed by atoms with Crippen molar-refractivity contribution in [3.63, 3.8) is 0 Å². The molecule has 13 heteroatoms. The summed E-state index contributed by atoms with van der Waals surface area (Å²) in [5, 5.41) is 15.2. The lowest BCUT2D eigenvalue weighted by molar-refractivity contribution is -0.137. The van der Waals surface area contributed by atoms with Crippen LogP contribution in [-0.4, -0.2) is 38.7 Å². The van der Waals surface area contributed by atoms with Gasteiger partial charge in [0, 0.05) is 16.8 Å². The maximum absolute atomic E-state index is 13.1. The van der Waals surface area contributed by atoms with E-state index in [1.165, 1.54) is 25.3 Å². The van der Waals surface area contributed by atoms with Crippen LogP contribution in [0.2, 0.25) is 5.02 Å². The summed E-state index contributed by atoms with van der Waals surface area (Å²) in [4.78, 5) is 32.7. The second-order valence-corrected chi connectivity index (χ2v) is 7.07. The van der Waals surface area contributed by atoms with E-state index in [9.17, 15) is 22.8 Å². The Labute approximate surface area is 189 Å². The topological polar surface area (TPSA) is 123 Å². The number of rotatable bonds is 5. The molecule has 0 fully saturated rings. The van der Waals surface area contributed by atoms with E-state index in [-0.39, 0.29) is 33.6 Å². The van der Waals surface area contributed by atoms with Crippen molar-refractivity contribution in [1.29, 1.82) is 5.26 Å². The average molecular weight is 479 g/mol. The smallest absolute Gasteiger partial charge is 0.416 e. The SMILES string of the molecule is COC(=O)c1nc(C(C)NC(=O)c2cc(Cl)cc(C(F)(F)F)c2)n(-c2ccc(C#N)cn2)n1. The molecule has 3 aromatic rings. The maximum Gasteiger partial charge on any atom is 0.416 e. The summed E-state index contributed by atoms with van der Waals surface area (Å²) < 4.78 is 45.0. The van der Waals surface area contributed by atoms with Crippen LogP contribution >= 0.6 is 11.6 Å². The van der Waals surface area contributed by atoms with Gasteiger partial charge in [-0.1, -0.05) is 11.6 Å². The molecule has 0 spiro atoms. The fourth-order valence-electron chi connectivity index (χ4n) is 2.76. The Balaban J connectivity index is 1.96. The first-order valence-corrected chi connectivity index (χ1v) is 9.51. The largest absolute Gasteiger partial charge is 0.463 e. The number of aromatic nitrogens is 4. The summed E-state index contributed by atoms with van der Waals surface area (Å²) in [7, 11) is 1.13. The molecule has 1 amide bonds. The molecular weight excluding hydrogens is 465 g/mol. The maximum atomic E-state index is 13.1. The zero-order valence-corrected chi connectivity index (χ0v) is 17.8. The van der Waals surface area contributed by atoms with Crippen molar-refractivity contribution in [2.45, 2.75) is 19.1 Å². The van der Waals surface area contributed by atoms with Crippen LogP contribution in [0, 0.1) is 11.3 Å². The first-order valence-electron chi connectivity index (χ1n) is 9.14. The van der Waals surface area contributed by atoms with Gasteiger partial charge in [0.15, 0.2) is 11.6 Å². The van der Waals surface area contributed by atoms with Gasteiger partial charge in [-0.15, -0.1) is 5.10 Å². The van der Waals surface area contributed by atoms with Gasteiger partial charge in [-0.3, -0.25) is 4.79 Å². The molecule has 2 aromatic heterocycles. The first kappa shape index (κ1) is 23.7. The van der Waals surface area contributed by atoms with Gasteiger partial charge >= 0.3 is 12.1 Å². The number of alkyl halides is 3. The number of carbonyl (C=O) groups excluding carboxylic acids is 2. The molecule has 2 heterocycles. The molecule has 1 N–H and O–H groups in total. The third kappa shape index (κ3) is 5.27. The number of nitriles is 1. The second kappa shape index (κ2) is 9.25. The lowest BCUT2D eigenvalue weighted by atomic mass is 10.1. The molecule has 3 rings (SSSR count). The average Bonchev–Trinajstić information content (AvgIpc) is 3.23. The summed E-state index contributed by atoms with van der Waals surface area (Å²) in [6.07, 6.45) is -3.42. The van der Waals surface area contributed by atoms with Crippen molar-refractivity contribution < 1.29 is 27.5 Å². The number of nitrogens with zero attached hydrogens (tertiary/aromatic N) is 5. The van der Waals surface area contributed by atoms with E-state index in [0.717, 1.165) is 17.9 Å². The van der Waals surface area contributed by atoms with Gasteiger partial charge in [0.1, 0.15) is 6.07 Å². The zero-order valence-electron chi connectivity index (χ0n) is 17.0. The van der Waals surface area contributed by atoms with Crippen LogP contribution in [0.5, 0.6) is 0 Å². The highest BCUT2D eigenvalue weighted by molar-refractivity contribution is 6.31. The number of hydrogen-bond donors (Lipinski definition) is 1. The van der Waals surface area contributed by atoms with Crippen LogP contribution in [0.4, 0.5) is 13.2 Å². The highest BCUT2D eigenvalue weighted by Gasteiger charge is 2.32. The van der Waals surface area contributed by atoms with E-state index in [4.69, 9.17) is 16.9 Å². The molecule has 0 saturated heterocycles. The summed E-state index contributed by atoms with van der Waals surface area (Å²) in [6.45, 7) is 1.48. The summed E-state index contributed by atoms with van der Waals surface area (Å²) in [6, 6.07) is 6.34. The molecule has 1 aromatic carbocycles. The number of carbonyl (C=O) groups is 2. The Hall–Kier alpha value is -3.98. The number of pyridine rings is 1. The molecule has 0 radical (unpaired) electrons. The van der Waals surface area contributed by atoms with Gasteiger partial charge in [-0.25, -0.2) is 14.8 Å². The number of halogens is 4. The molecule has 0 aliphatic heterocycles. The predicted molar refractivity (Wildman–Crippen MR) is 108 cm³/mol. The van der Waals surface area contributed by atoms with Gasteiger partial charge < -0.3 is 10.1 Å². The van der Waals surface area contributed by atoms with Crippen molar-refractivity contribution in [2.24, 2.45) is 0 Å². The van der Waals surface area contributed by atoms with Gasteiger partial charge in [-0.05, 0) is 37.3 Å². The third-order valence-corrected chi connectivity index (χ3v) is 4.53. The molecule has 1 unspecified atom stereocenters. The fourth-order valence-corrected chi connectivity index (χ4v) is 2.99. The Morgan fingerprint density at radius 3 is 2.58 bits per heavy atom. The summed E-state index contributed by atoms with van der Waals surface area (Å²) >= 11 is 5.75. The van der Waals surface area contributed by atoms with Crippen molar-refractivity contribution in [3.8, 4) is 11.9 Å². The van der Waals surface area contributed by atoms with Gasteiger partial charge in [-0.2, -0.15) is 23.1 Å². The number of benzene rings is 1. The number of hydrogen-bond acceptors (Lipinski definition) is 7. The molecule has 170 valence electrons. The molecule has 0 aliphatic rings. The Morgan fingerprint density at radius 1 is 1.27 bits per heavy atom. The van der Waals surface area contributed by atoms with Gasteiger partial charge in [0.05, 0.1) is 24.3 Å². The summed E-state index contributed by atoms with van der Waals surface area (Å²) in [5.41, 5.74) is -1.13. The van der Waals surface area contributed by atoms with E-state index in [1.807, 2.05) is 6.07 Å². The molecule has 0 aliphatic carbocycles. The Bertz CT molecular complexity index is 1250. The minimum atomic E-state index is -4.69. The molecule has 0 bridgehead atoms. The highest BCUT2D eigenvalue weighted by Crippen LogP contribution is 2.32. The Kier molecular flexibility index (Phi) is 6.64. The standard InChI is InChI=1S/C20H14ClF3N6O3/c1-10(27-18(31)12-5-13(20(22,23)24)7-14(21)6-12)17-28-16(19(32)33-2)29-30(17)15-4-3-11(8-25)9-26-15/h3-7,9-10H,1-2H3,(H,27,31). The molecule has 1 atom stereocenters. The van der Waals surface area contributed by atoms with E-state index >= 15 is 0 Å². The third-order valence-electron chi connectivity index (χ3n) is 4.32. The number of ether oxygens (including phenoxy) is 1. The van der Waals surface area contributed by atoms with Crippen LogP contribution < -0.4 is 5.32 Å². The number of methoxy groups -OCH3 is 1. The van der Waals surface area contributed by atoms with Gasteiger partial charge in [0.25, 0.3) is 11.7 Å². The van der Waals surface area contributed by atoms with E-state index in [1.54, 1.807) is 0 Å². The highest BCUT2D eigenvalue weighted by atomic mass is 35.5. The van der Waals surface area contributed by atoms with Crippen LogP contribution in [-0.2, 0) is 10.9 Å². The summed E-state index contributed by atoms with van der Waals surface area (Å²) in [5.74, 6) is -1.83. The molecule has 9 nitrogen and oxygen atoms in total. The normalized spacial score (nSPS) is 12.0. The van der Waals surface area contributed by atoms with E-state index < -0.39 is 29.7 Å². The quantitative estimate of drug-likeness (QED) is 0.557.